The highest BCUT2D eigenvalue weighted by Gasteiger charge is 2.25. The van der Waals surface area contributed by atoms with Crippen LogP contribution in [0.15, 0.2) is 73.2 Å². The molecule has 0 bridgehead atoms. The van der Waals surface area contributed by atoms with E-state index in [0.717, 1.165) is 131 Å². The molecule has 2 fully saturated rings. The Bertz CT molecular complexity index is 2050. The van der Waals surface area contributed by atoms with Crippen molar-refractivity contribution in [3.05, 3.63) is 95.7 Å². The molecule has 10 heteroatoms. The van der Waals surface area contributed by atoms with E-state index in [4.69, 9.17) is 0 Å². The summed E-state index contributed by atoms with van der Waals surface area (Å²) in [6, 6.07) is 13.4. The lowest BCUT2D eigenvalue weighted by atomic mass is 9.92. The molecule has 2 saturated heterocycles. The Kier molecular flexibility index (Phi) is 19.5. The minimum atomic E-state index is -0.312. The van der Waals surface area contributed by atoms with Crippen LogP contribution in [-0.4, -0.2) is 78.5 Å². The molecule has 330 valence electrons. The van der Waals surface area contributed by atoms with Crippen LogP contribution in [0, 0.1) is 30.5 Å². The number of fused-ring (bicyclic) bond motifs is 1. The van der Waals surface area contributed by atoms with E-state index in [1.165, 1.54) is 5.57 Å². The fourth-order valence-corrected chi connectivity index (χ4v) is 7.95. The van der Waals surface area contributed by atoms with Gasteiger partial charge in [0.05, 0.1) is 5.69 Å². The van der Waals surface area contributed by atoms with Crippen molar-refractivity contribution in [2.24, 2.45) is 17.8 Å². The van der Waals surface area contributed by atoms with Crippen LogP contribution in [0.1, 0.15) is 126 Å². The molecular weight excluding hydrogens is 764 g/mol. The summed E-state index contributed by atoms with van der Waals surface area (Å²) in [6.07, 6.45) is 13.5. The monoisotopic (exact) mass is 835 g/mol. The highest BCUT2D eigenvalue weighted by atomic mass is 19.1. The number of halogens is 1. The molecule has 6 rings (SSSR count). The predicted molar refractivity (Wildman–Crippen MR) is 252 cm³/mol. The summed E-state index contributed by atoms with van der Waals surface area (Å²) in [5.74, 6) is 1.38. The van der Waals surface area contributed by atoms with Crippen molar-refractivity contribution in [1.29, 1.82) is 0 Å². The van der Waals surface area contributed by atoms with Crippen molar-refractivity contribution in [3.63, 3.8) is 0 Å². The van der Waals surface area contributed by atoms with Crippen LogP contribution in [-0.2, 0) is 4.79 Å². The number of pyridine rings is 2. The molecule has 0 radical (unpaired) electrons. The van der Waals surface area contributed by atoms with Gasteiger partial charge in [-0.3, -0.25) is 24.3 Å². The van der Waals surface area contributed by atoms with Crippen molar-refractivity contribution < 1.29 is 18.8 Å². The molecule has 4 heterocycles. The van der Waals surface area contributed by atoms with E-state index in [1.807, 2.05) is 85.0 Å². The summed E-state index contributed by atoms with van der Waals surface area (Å²) < 4.78 is 15.7. The second-order valence-corrected chi connectivity index (χ2v) is 16.7. The molecular formula is C51H71FN6O3. The van der Waals surface area contributed by atoms with Crippen LogP contribution in [0.3, 0.4) is 0 Å². The molecule has 9 nitrogen and oxygen atoms in total. The summed E-state index contributed by atoms with van der Waals surface area (Å²) >= 11 is 0. The number of rotatable bonds is 17. The zero-order chi connectivity index (χ0) is 44.5. The number of benzene rings is 2. The van der Waals surface area contributed by atoms with Gasteiger partial charge in [-0.2, -0.15) is 0 Å². The largest absolute Gasteiger partial charge is 0.369 e. The van der Waals surface area contributed by atoms with Gasteiger partial charge in [-0.1, -0.05) is 53.7 Å². The Morgan fingerprint density at radius 3 is 2.31 bits per heavy atom. The van der Waals surface area contributed by atoms with Crippen molar-refractivity contribution >= 4 is 51.5 Å². The Morgan fingerprint density at radius 1 is 0.934 bits per heavy atom. The average Bonchev–Trinajstić information content (AvgIpc) is 3.29. The van der Waals surface area contributed by atoms with Gasteiger partial charge >= 0.3 is 0 Å². The minimum Gasteiger partial charge on any atom is -0.369 e. The fraction of sp³-hybridized carbons (Fsp3) is 0.510. The Morgan fingerprint density at radius 2 is 1.66 bits per heavy atom. The number of nitrogens with zero attached hydrogens (tertiary/aromatic N) is 5. The normalized spacial score (nSPS) is 15.5. The number of carbonyl (C=O) groups excluding carboxylic acids is 3. The van der Waals surface area contributed by atoms with Gasteiger partial charge in [0.25, 0.3) is 0 Å². The highest BCUT2D eigenvalue weighted by Crippen LogP contribution is 2.32. The number of aryl methyl sites for hydroxylation is 1. The molecule has 2 aliphatic heterocycles. The van der Waals surface area contributed by atoms with Crippen molar-refractivity contribution in [1.82, 2.24) is 14.9 Å². The number of piperidine rings is 1. The number of anilines is 4. The molecule has 1 N–H and O–H groups in total. The van der Waals surface area contributed by atoms with Crippen molar-refractivity contribution in [2.75, 3.05) is 60.9 Å². The summed E-state index contributed by atoms with van der Waals surface area (Å²) in [7, 11) is 0. The molecule has 2 unspecified atom stereocenters. The first-order chi connectivity index (χ1) is 29.4. The number of allylic oxidation sites excluding steroid dienone is 1. The third kappa shape index (κ3) is 13.8. The molecule has 61 heavy (non-hydrogen) atoms. The lowest BCUT2D eigenvalue weighted by Crippen LogP contribution is -2.47. The third-order valence-corrected chi connectivity index (χ3v) is 12.4. The molecule has 4 aromatic rings. The fourth-order valence-electron chi connectivity index (χ4n) is 7.95. The molecule has 2 aliphatic rings. The smallest absolute Gasteiger partial charge is 0.189 e. The zero-order valence-corrected chi connectivity index (χ0v) is 38.2. The predicted octanol–water partition coefficient (Wildman–Crippen LogP) is 11.7. The van der Waals surface area contributed by atoms with E-state index >= 15 is 4.39 Å². The first-order valence-corrected chi connectivity index (χ1v) is 22.7. The molecule has 0 amide bonds. The van der Waals surface area contributed by atoms with E-state index in [0.29, 0.717) is 34.4 Å². The second kappa shape index (κ2) is 24.5. The lowest BCUT2D eigenvalue weighted by molar-refractivity contribution is -0.119. The lowest BCUT2D eigenvalue weighted by Gasteiger charge is -2.38. The SMILES string of the molecule is C=C(C)C(C)CCC(=O)CCC.CC.CCC(C)C(=O)c1cc(N2CCN(CCC3CCN(c4ccnc(Nc5cc(C)c6cnccc6c5)c4F)CC3)CC2)ccc1C=O. The van der Waals surface area contributed by atoms with Gasteiger partial charge in [-0.05, 0) is 124 Å². The number of hydrogen-bond donors (Lipinski definition) is 1. The standard InChI is InChI=1S/C38H45FN6O2.C11H20O.C2H6/c1-4-26(2)37(47)33-23-32(6-5-30(33)25-46)44-19-17-43(18-20-44)14-9-28-10-15-45(16-11-28)35-8-13-41-38(36(35)39)42-31-21-27(3)34-24-40-12-7-29(34)22-31;1-5-6-11(12)8-7-10(4)9(2)3;1-2/h5-8,12-13,21-26,28H,4,9-11,14-20H2,1-3H3,(H,41,42);10H,2,5-8H2,1,3-4H3;1-2H3. The molecule has 2 aromatic carbocycles. The molecule has 2 aromatic heterocycles. The first kappa shape index (κ1) is 48.7. The first-order valence-electron chi connectivity index (χ1n) is 22.7. The third-order valence-electron chi connectivity index (χ3n) is 12.4. The van der Waals surface area contributed by atoms with Gasteiger partial charge in [-0.25, -0.2) is 9.37 Å². The molecule has 2 atom stereocenters. The van der Waals surface area contributed by atoms with Crippen molar-refractivity contribution in [2.45, 2.75) is 107 Å². The average molecular weight is 835 g/mol. The number of Topliss-reactive ketones (excluding diaryl/α,β-unsaturated/α-hetero) is 2. The summed E-state index contributed by atoms with van der Waals surface area (Å²) in [5.41, 5.74) is 5.70. The van der Waals surface area contributed by atoms with Gasteiger partial charge < -0.3 is 15.1 Å². The van der Waals surface area contributed by atoms with Crippen LogP contribution < -0.4 is 15.1 Å². The van der Waals surface area contributed by atoms with E-state index in [-0.39, 0.29) is 23.3 Å². The van der Waals surface area contributed by atoms with Gasteiger partial charge in [0.2, 0.25) is 0 Å². The van der Waals surface area contributed by atoms with Gasteiger partial charge in [0.1, 0.15) is 5.78 Å². The topological polar surface area (TPSA) is 98.7 Å². The van der Waals surface area contributed by atoms with Crippen LogP contribution in [0.2, 0.25) is 0 Å². The summed E-state index contributed by atoms with van der Waals surface area (Å²) in [4.78, 5) is 51.2. The van der Waals surface area contributed by atoms with Crippen LogP contribution >= 0.6 is 0 Å². The maximum atomic E-state index is 15.7. The maximum absolute atomic E-state index is 15.7. The Hall–Kier alpha value is -4.96. The van der Waals surface area contributed by atoms with E-state index < -0.39 is 0 Å². The van der Waals surface area contributed by atoms with E-state index in [2.05, 4.69) is 43.5 Å². The highest BCUT2D eigenvalue weighted by molar-refractivity contribution is 6.04. The number of aromatic nitrogens is 2. The number of aldehydes is 1. The number of hydrogen-bond acceptors (Lipinski definition) is 9. The molecule has 0 saturated carbocycles. The number of ketones is 2. The summed E-state index contributed by atoms with van der Waals surface area (Å²) in [6.45, 7) is 26.4. The van der Waals surface area contributed by atoms with Crippen LogP contribution in [0.25, 0.3) is 10.8 Å². The Balaban J connectivity index is 0.000000506. The summed E-state index contributed by atoms with van der Waals surface area (Å²) in [5, 5.41) is 5.35. The Labute approximate surface area is 365 Å². The second-order valence-electron chi connectivity index (χ2n) is 16.7. The quantitative estimate of drug-likeness (QED) is 0.0633. The van der Waals surface area contributed by atoms with Gasteiger partial charge in [0.15, 0.2) is 23.7 Å². The maximum Gasteiger partial charge on any atom is 0.189 e. The number of piperazine rings is 1. The number of nitrogens with one attached hydrogen (secondary N) is 1. The number of carbonyl (C=O) groups is 3. The van der Waals surface area contributed by atoms with Crippen LogP contribution in [0.5, 0.6) is 0 Å². The molecule has 0 spiro atoms. The van der Waals surface area contributed by atoms with Crippen LogP contribution in [0.4, 0.5) is 27.3 Å². The van der Waals surface area contributed by atoms with E-state index in [9.17, 15) is 14.4 Å². The molecule has 0 aliphatic carbocycles. The zero-order valence-electron chi connectivity index (χ0n) is 38.2. The van der Waals surface area contributed by atoms with Gasteiger partial charge in [-0.15, -0.1) is 0 Å². The van der Waals surface area contributed by atoms with E-state index in [1.54, 1.807) is 24.5 Å². The van der Waals surface area contributed by atoms with Gasteiger partial charge in [0, 0.05) is 105 Å². The van der Waals surface area contributed by atoms with Crippen molar-refractivity contribution in [3.8, 4) is 0 Å². The minimum absolute atomic E-state index is 0.0409.